The fourth-order valence-electron chi connectivity index (χ4n) is 3.36. The molecule has 15 heteroatoms. The lowest BCUT2D eigenvalue weighted by molar-refractivity contribution is -0.393. The Morgan fingerprint density at radius 3 is 2.49 bits per heavy atom. The lowest BCUT2D eigenvalue weighted by Gasteiger charge is -2.12. The van der Waals surface area contributed by atoms with E-state index in [-0.39, 0.29) is 16.0 Å². The summed E-state index contributed by atoms with van der Waals surface area (Å²) in [6.45, 7) is 0. The third-order valence-electron chi connectivity index (χ3n) is 5.09. The minimum absolute atomic E-state index is 0.0626. The highest BCUT2D eigenvalue weighted by molar-refractivity contribution is 7.80. The molecule has 0 aliphatic rings. The summed E-state index contributed by atoms with van der Waals surface area (Å²) >= 11 is 11.4. The summed E-state index contributed by atoms with van der Waals surface area (Å²) in [5.74, 6) is 0.930. The molecule has 3 N–H and O–H groups in total. The van der Waals surface area contributed by atoms with Gasteiger partial charge in [-0.3, -0.25) is 30.4 Å². The molecule has 0 radical (unpaired) electrons. The maximum Gasteiger partial charge on any atom is 0.299 e. The number of thiocarbonyl (C=S) groups is 1. The molecule has 4 aromatic rings. The molecule has 0 fully saturated rings. The Bertz CT molecular complexity index is 1630. The van der Waals surface area contributed by atoms with Crippen molar-refractivity contribution in [3.63, 3.8) is 0 Å². The van der Waals surface area contributed by atoms with E-state index in [1.165, 1.54) is 12.3 Å². The van der Waals surface area contributed by atoms with Crippen LogP contribution in [0.15, 0.2) is 71.8 Å². The number of aromatic nitrogens is 1. The number of rotatable bonds is 9. The van der Waals surface area contributed by atoms with Crippen molar-refractivity contribution in [3.05, 3.63) is 97.7 Å². The highest BCUT2D eigenvalue weighted by Gasteiger charge is 2.20. The van der Waals surface area contributed by atoms with Gasteiger partial charge in [0.1, 0.15) is 16.6 Å². The quantitative estimate of drug-likeness (QED) is 0.0596. The van der Waals surface area contributed by atoms with Crippen molar-refractivity contribution >= 4 is 75.2 Å². The number of nitrogens with zero attached hydrogens (tertiary/aromatic N) is 4. The first-order chi connectivity index (χ1) is 18.7. The van der Waals surface area contributed by atoms with Gasteiger partial charge in [0, 0.05) is 23.1 Å². The summed E-state index contributed by atoms with van der Waals surface area (Å²) in [7, 11) is 0. The van der Waals surface area contributed by atoms with Crippen molar-refractivity contribution in [2.75, 3.05) is 10.6 Å². The zero-order valence-corrected chi connectivity index (χ0v) is 21.1. The van der Waals surface area contributed by atoms with Crippen LogP contribution < -0.4 is 20.8 Å². The van der Waals surface area contributed by atoms with E-state index >= 15 is 0 Å². The fraction of sp³-hybridized carbons (Fsp3) is 0. The first kappa shape index (κ1) is 26.8. The Kier molecular flexibility index (Phi) is 8.18. The third kappa shape index (κ3) is 6.57. The molecule has 0 aliphatic carbocycles. The molecular formula is C24H16ClN7O6S. The van der Waals surface area contributed by atoms with Crippen LogP contribution in [0.25, 0.3) is 10.9 Å². The van der Waals surface area contributed by atoms with Gasteiger partial charge in [0.15, 0.2) is 10.9 Å². The molecule has 196 valence electrons. The number of hydrogen-bond donors (Lipinski definition) is 3. The molecule has 0 saturated heterocycles. The van der Waals surface area contributed by atoms with Crippen LogP contribution in [0.2, 0.25) is 5.15 Å². The van der Waals surface area contributed by atoms with Crippen LogP contribution in [-0.4, -0.2) is 32.6 Å². The Morgan fingerprint density at radius 1 is 1.03 bits per heavy atom. The highest BCUT2D eigenvalue weighted by Crippen LogP contribution is 2.34. The zero-order chi connectivity index (χ0) is 27.9. The summed E-state index contributed by atoms with van der Waals surface area (Å²) < 4.78 is 5.88. The number of para-hydroxylation sites is 1. The molecule has 1 heterocycles. The van der Waals surface area contributed by atoms with E-state index in [0.29, 0.717) is 40.1 Å². The van der Waals surface area contributed by atoms with Crippen LogP contribution in [-0.2, 0) is 4.79 Å². The van der Waals surface area contributed by atoms with Crippen molar-refractivity contribution in [1.82, 2.24) is 10.4 Å². The minimum atomic E-state index is -0.772. The topological polar surface area (TPSA) is 174 Å². The normalized spacial score (nSPS) is 10.7. The van der Waals surface area contributed by atoms with Gasteiger partial charge in [-0.2, -0.15) is 5.10 Å². The average Bonchev–Trinajstić information content (AvgIpc) is 2.90. The smallest absolute Gasteiger partial charge is 0.299 e. The van der Waals surface area contributed by atoms with Gasteiger partial charge in [0.2, 0.25) is 6.41 Å². The fourth-order valence-corrected chi connectivity index (χ4v) is 3.72. The van der Waals surface area contributed by atoms with Crippen molar-refractivity contribution in [1.29, 1.82) is 0 Å². The highest BCUT2D eigenvalue weighted by atomic mass is 35.5. The lowest BCUT2D eigenvalue weighted by Crippen LogP contribution is -2.24. The SMILES string of the molecule is O=CNc1cc2cc(/C=N/NC(=S)Nc3ccc([N+](=O)[O-])cc3[N+](=O)[O-])c(Cl)nc2cc1Oc1ccccc1. The van der Waals surface area contributed by atoms with Gasteiger partial charge in [-0.05, 0) is 42.5 Å². The third-order valence-corrected chi connectivity index (χ3v) is 5.58. The number of fused-ring (bicyclic) bond motifs is 1. The van der Waals surface area contributed by atoms with E-state index < -0.39 is 21.2 Å². The van der Waals surface area contributed by atoms with Crippen LogP contribution in [0, 0.1) is 20.2 Å². The molecule has 39 heavy (non-hydrogen) atoms. The number of non-ortho nitro benzene ring substituents is 1. The molecule has 4 rings (SSSR count). The number of nitro groups is 2. The van der Waals surface area contributed by atoms with E-state index in [1.54, 1.807) is 30.3 Å². The van der Waals surface area contributed by atoms with Gasteiger partial charge >= 0.3 is 0 Å². The van der Waals surface area contributed by atoms with Crippen molar-refractivity contribution in [2.24, 2.45) is 5.10 Å². The molecular weight excluding hydrogens is 550 g/mol. The number of hydrazone groups is 1. The summed E-state index contributed by atoms with van der Waals surface area (Å²) in [6.07, 6.45) is 1.85. The molecule has 13 nitrogen and oxygen atoms in total. The largest absolute Gasteiger partial charge is 0.455 e. The number of nitro benzene ring substituents is 2. The molecule has 1 amide bonds. The van der Waals surface area contributed by atoms with Crippen molar-refractivity contribution in [2.45, 2.75) is 0 Å². The summed E-state index contributed by atoms with van der Waals surface area (Å²) in [5.41, 5.74) is 2.76. The molecule has 0 spiro atoms. The van der Waals surface area contributed by atoms with Gasteiger partial charge in [-0.15, -0.1) is 0 Å². The van der Waals surface area contributed by atoms with E-state index in [1.807, 2.05) is 18.2 Å². The lowest BCUT2D eigenvalue weighted by atomic mass is 10.1. The summed E-state index contributed by atoms with van der Waals surface area (Å²) in [6, 6.07) is 17.1. The molecule has 0 aliphatic heterocycles. The Labute approximate surface area is 229 Å². The number of hydrogen-bond acceptors (Lipinski definition) is 9. The summed E-state index contributed by atoms with van der Waals surface area (Å²) in [5, 5.41) is 32.0. The number of anilines is 2. The van der Waals surface area contributed by atoms with Gasteiger partial charge in [-0.25, -0.2) is 4.98 Å². The van der Waals surface area contributed by atoms with Gasteiger partial charge in [0.05, 0.1) is 33.3 Å². The Morgan fingerprint density at radius 2 is 1.79 bits per heavy atom. The maximum absolute atomic E-state index is 11.3. The molecule has 0 bridgehead atoms. The predicted octanol–water partition coefficient (Wildman–Crippen LogP) is 5.39. The number of nitrogens with one attached hydrogen (secondary N) is 3. The first-order valence-electron chi connectivity index (χ1n) is 10.9. The van der Waals surface area contributed by atoms with Crippen LogP contribution in [0.4, 0.5) is 22.7 Å². The van der Waals surface area contributed by atoms with Gasteiger partial charge < -0.3 is 15.4 Å². The van der Waals surface area contributed by atoms with Crippen LogP contribution >= 0.6 is 23.8 Å². The van der Waals surface area contributed by atoms with E-state index in [9.17, 15) is 25.0 Å². The van der Waals surface area contributed by atoms with Crippen molar-refractivity contribution in [3.8, 4) is 11.5 Å². The molecule has 1 aromatic heterocycles. The molecule has 0 atom stereocenters. The first-order valence-corrected chi connectivity index (χ1v) is 11.6. The number of halogens is 1. The number of carbonyl (C=O) groups is 1. The Hall–Kier alpha value is -5.21. The number of amides is 1. The maximum atomic E-state index is 11.3. The number of carbonyl (C=O) groups excluding carboxylic acids is 1. The standard InChI is InChI=1S/C24H16ClN7O6S/c25-23-15(12-27-30-24(39)29-18-7-6-16(31(34)35)10-21(18)32(36)37)8-14-9-20(26-13-33)22(11-19(14)28-23)38-17-4-2-1-3-5-17/h1-13H,(H,26,33)(H2,29,30,39)/b27-12+. The van der Waals surface area contributed by atoms with E-state index in [2.05, 4.69) is 26.1 Å². The molecule has 0 saturated carbocycles. The van der Waals surface area contributed by atoms with Gasteiger partial charge in [-0.1, -0.05) is 29.8 Å². The second-order valence-electron chi connectivity index (χ2n) is 7.63. The van der Waals surface area contributed by atoms with Crippen LogP contribution in [0.3, 0.4) is 0 Å². The molecule has 3 aromatic carbocycles. The van der Waals surface area contributed by atoms with Crippen molar-refractivity contribution < 1.29 is 19.4 Å². The monoisotopic (exact) mass is 565 g/mol. The second kappa shape index (κ2) is 11.9. The minimum Gasteiger partial charge on any atom is -0.455 e. The van der Waals surface area contributed by atoms with Gasteiger partial charge in [0.25, 0.3) is 11.4 Å². The predicted molar refractivity (Wildman–Crippen MR) is 150 cm³/mol. The number of benzene rings is 3. The van der Waals surface area contributed by atoms with Crippen LogP contribution in [0.1, 0.15) is 5.56 Å². The Balaban J connectivity index is 1.53. The van der Waals surface area contributed by atoms with E-state index in [4.69, 9.17) is 28.6 Å². The zero-order valence-electron chi connectivity index (χ0n) is 19.5. The average molecular weight is 566 g/mol. The second-order valence-corrected chi connectivity index (χ2v) is 8.39. The summed E-state index contributed by atoms with van der Waals surface area (Å²) in [4.78, 5) is 36.2. The molecule has 0 unspecified atom stereocenters. The number of pyridine rings is 1. The number of ether oxygens (including phenoxy) is 1. The van der Waals surface area contributed by atoms with E-state index in [0.717, 1.165) is 12.1 Å². The van der Waals surface area contributed by atoms with Crippen LogP contribution in [0.5, 0.6) is 11.5 Å².